The van der Waals surface area contributed by atoms with E-state index in [0.717, 1.165) is 6.26 Å². The number of rotatable bonds is 5. The fourth-order valence-corrected chi connectivity index (χ4v) is 2.90. The van der Waals surface area contributed by atoms with Crippen LogP contribution in [0.15, 0.2) is 29.2 Å². The summed E-state index contributed by atoms with van der Waals surface area (Å²) in [5.41, 5.74) is 0. The highest BCUT2D eigenvalue weighted by atomic mass is 32.5. The Morgan fingerprint density at radius 3 is 2.18 bits per heavy atom. The van der Waals surface area contributed by atoms with Crippen LogP contribution in [0.4, 0.5) is 0 Å². The van der Waals surface area contributed by atoms with Crippen molar-refractivity contribution in [3.63, 3.8) is 0 Å². The van der Waals surface area contributed by atoms with E-state index < -0.39 is 16.6 Å². The zero-order valence-electron chi connectivity index (χ0n) is 9.61. The molecule has 0 saturated heterocycles. The van der Waals surface area contributed by atoms with Crippen molar-refractivity contribution in [2.45, 2.75) is 4.90 Å². The van der Waals surface area contributed by atoms with Crippen LogP contribution in [-0.4, -0.2) is 28.9 Å². The summed E-state index contributed by atoms with van der Waals surface area (Å²) >= 11 is 5.02. The molecule has 1 aromatic rings. The lowest BCUT2D eigenvalue weighted by Gasteiger charge is -2.19. The van der Waals surface area contributed by atoms with Gasteiger partial charge in [0, 0.05) is 32.3 Å². The van der Waals surface area contributed by atoms with Crippen LogP contribution < -0.4 is 4.52 Å². The number of para-hydroxylation sites is 1. The average molecular weight is 296 g/mol. The molecule has 0 amide bonds. The van der Waals surface area contributed by atoms with Crippen LogP contribution in [0.3, 0.4) is 0 Å². The molecule has 0 fully saturated rings. The molecule has 0 heterocycles. The maximum Gasteiger partial charge on any atom is 0.380 e. The van der Waals surface area contributed by atoms with Gasteiger partial charge in [-0.2, -0.15) is 0 Å². The fourth-order valence-electron chi connectivity index (χ4n) is 1.10. The summed E-state index contributed by atoms with van der Waals surface area (Å²) in [4.78, 5) is 0.0586. The molecule has 0 saturated carbocycles. The van der Waals surface area contributed by atoms with Gasteiger partial charge in [-0.3, -0.25) is 0 Å². The summed E-state index contributed by atoms with van der Waals surface area (Å²) in [6, 6.07) is 6.20. The van der Waals surface area contributed by atoms with E-state index in [9.17, 15) is 8.42 Å². The second-order valence-corrected chi connectivity index (χ2v) is 8.26. The van der Waals surface area contributed by atoms with Gasteiger partial charge in [-0.1, -0.05) is 12.1 Å². The number of benzene rings is 1. The smallest absolute Gasteiger partial charge is 0.380 e. The Hall–Kier alpha value is -0.460. The zero-order valence-corrected chi connectivity index (χ0v) is 12.1. The van der Waals surface area contributed by atoms with Gasteiger partial charge in [-0.25, -0.2) is 8.42 Å². The normalized spacial score (nSPS) is 12.4. The highest BCUT2D eigenvalue weighted by Crippen LogP contribution is 2.49. The van der Waals surface area contributed by atoms with Gasteiger partial charge in [0.15, 0.2) is 9.84 Å². The topological polar surface area (TPSA) is 61.8 Å². The quantitative estimate of drug-likeness (QED) is 0.774. The molecule has 0 aliphatic carbocycles. The fraction of sp³-hybridized carbons (Fsp3) is 0.333. The molecule has 0 aliphatic rings. The molecule has 1 rings (SSSR count). The van der Waals surface area contributed by atoms with Gasteiger partial charge >= 0.3 is 6.72 Å². The molecule has 0 radical (unpaired) electrons. The predicted molar refractivity (Wildman–Crippen MR) is 68.5 cm³/mol. The summed E-state index contributed by atoms with van der Waals surface area (Å²) in [7, 11) is -0.678. The Kier molecular flexibility index (Phi) is 4.69. The number of hydrogen-bond acceptors (Lipinski definition) is 6. The zero-order chi connectivity index (χ0) is 13.1. The molecule has 0 aromatic heterocycles. The first-order valence-corrected chi connectivity index (χ1v) is 8.97. The van der Waals surface area contributed by atoms with Crippen molar-refractivity contribution in [1.29, 1.82) is 0 Å². The van der Waals surface area contributed by atoms with Crippen LogP contribution in [0.5, 0.6) is 5.75 Å². The van der Waals surface area contributed by atoms with Crippen molar-refractivity contribution in [2.75, 3.05) is 20.5 Å². The third-order valence-electron chi connectivity index (χ3n) is 1.91. The molecular formula is C9H13O5PS2. The lowest BCUT2D eigenvalue weighted by molar-refractivity contribution is 0.271. The third kappa shape index (κ3) is 3.76. The largest absolute Gasteiger partial charge is 0.423 e. The average Bonchev–Trinajstić information content (AvgIpc) is 2.28. The van der Waals surface area contributed by atoms with Gasteiger partial charge in [0.05, 0.1) is 0 Å². The van der Waals surface area contributed by atoms with Crippen molar-refractivity contribution < 1.29 is 22.0 Å². The van der Waals surface area contributed by atoms with Gasteiger partial charge in [0.2, 0.25) is 0 Å². The number of hydrogen-bond donors (Lipinski definition) is 0. The summed E-state index contributed by atoms with van der Waals surface area (Å²) in [6.45, 7) is -2.93. The molecule has 96 valence electrons. The maximum absolute atomic E-state index is 11.5. The Morgan fingerprint density at radius 2 is 1.71 bits per heavy atom. The minimum Gasteiger partial charge on any atom is -0.423 e. The van der Waals surface area contributed by atoms with E-state index in [1.54, 1.807) is 12.1 Å². The van der Waals surface area contributed by atoms with E-state index in [0.29, 0.717) is 0 Å². The first kappa shape index (κ1) is 14.6. The Balaban J connectivity index is 3.21. The van der Waals surface area contributed by atoms with Crippen LogP contribution in [0.25, 0.3) is 0 Å². The molecule has 0 atom stereocenters. The lowest BCUT2D eigenvalue weighted by atomic mass is 10.3. The van der Waals surface area contributed by atoms with E-state index >= 15 is 0 Å². The lowest BCUT2D eigenvalue weighted by Crippen LogP contribution is -2.03. The molecule has 17 heavy (non-hydrogen) atoms. The van der Waals surface area contributed by atoms with Crippen molar-refractivity contribution in [1.82, 2.24) is 0 Å². The molecule has 0 bridgehead atoms. The van der Waals surface area contributed by atoms with Gasteiger partial charge in [-0.15, -0.1) is 0 Å². The molecule has 0 aliphatic heterocycles. The number of sulfone groups is 1. The van der Waals surface area contributed by atoms with E-state index in [1.807, 2.05) is 0 Å². The first-order valence-electron chi connectivity index (χ1n) is 4.52. The van der Waals surface area contributed by atoms with Crippen molar-refractivity contribution in [3.8, 4) is 5.75 Å². The molecule has 0 N–H and O–H groups in total. The van der Waals surface area contributed by atoms with Crippen LogP contribution in [0.1, 0.15) is 0 Å². The van der Waals surface area contributed by atoms with Gasteiger partial charge < -0.3 is 13.6 Å². The summed E-state index contributed by atoms with van der Waals surface area (Å²) in [5.74, 6) is 0.141. The van der Waals surface area contributed by atoms with E-state index in [4.69, 9.17) is 25.4 Å². The van der Waals surface area contributed by atoms with E-state index in [1.165, 1.54) is 26.4 Å². The SMILES string of the molecule is COP(=S)(OC)Oc1ccccc1S(C)(=O)=O. The molecule has 0 spiro atoms. The molecule has 0 unspecified atom stereocenters. The van der Waals surface area contributed by atoms with Gasteiger partial charge in [-0.05, 0) is 12.1 Å². The van der Waals surface area contributed by atoms with Crippen LogP contribution in [0, 0.1) is 0 Å². The molecule has 1 aromatic carbocycles. The Labute approximate surface area is 106 Å². The second-order valence-electron chi connectivity index (χ2n) is 3.12. The first-order chi connectivity index (χ1) is 7.82. The minimum atomic E-state index is -3.39. The van der Waals surface area contributed by atoms with E-state index in [2.05, 4.69) is 0 Å². The van der Waals surface area contributed by atoms with Crippen LogP contribution in [0.2, 0.25) is 0 Å². The highest BCUT2D eigenvalue weighted by Gasteiger charge is 2.22. The second kappa shape index (κ2) is 5.46. The highest BCUT2D eigenvalue weighted by molar-refractivity contribution is 8.07. The van der Waals surface area contributed by atoms with Crippen LogP contribution in [-0.2, 0) is 30.7 Å². The van der Waals surface area contributed by atoms with Gasteiger partial charge in [0.1, 0.15) is 10.6 Å². The Bertz CT molecular complexity index is 532. The predicted octanol–water partition coefficient (Wildman–Crippen LogP) is 1.99. The van der Waals surface area contributed by atoms with Crippen molar-refractivity contribution >= 4 is 28.4 Å². The summed E-state index contributed by atoms with van der Waals surface area (Å²) < 4.78 is 38.3. The minimum absolute atomic E-state index is 0.0586. The molecule has 8 heteroatoms. The van der Waals surface area contributed by atoms with E-state index in [-0.39, 0.29) is 10.6 Å². The van der Waals surface area contributed by atoms with Crippen molar-refractivity contribution in [2.24, 2.45) is 0 Å². The van der Waals surface area contributed by atoms with Crippen LogP contribution >= 0.6 is 6.72 Å². The maximum atomic E-state index is 11.5. The van der Waals surface area contributed by atoms with Crippen molar-refractivity contribution in [3.05, 3.63) is 24.3 Å². The third-order valence-corrected chi connectivity index (χ3v) is 5.47. The summed E-state index contributed by atoms with van der Waals surface area (Å²) in [6.07, 6.45) is 1.10. The Morgan fingerprint density at radius 1 is 1.18 bits per heavy atom. The molecule has 5 nitrogen and oxygen atoms in total. The molecular weight excluding hydrogens is 283 g/mol. The monoisotopic (exact) mass is 296 g/mol. The summed E-state index contributed by atoms with van der Waals surface area (Å²) in [5, 5.41) is 0. The standard InChI is InChI=1S/C9H13O5PS2/c1-12-15(16,13-2)14-8-6-4-5-7-9(8)17(3,10)11/h4-7H,1-3H3. The van der Waals surface area contributed by atoms with Gasteiger partial charge in [0.25, 0.3) is 0 Å².